The van der Waals surface area contributed by atoms with Gasteiger partial charge in [0.05, 0.1) is 26.7 Å². The largest absolute Gasteiger partial charge is 0.284 e. The van der Waals surface area contributed by atoms with Crippen molar-refractivity contribution in [1.82, 2.24) is 4.98 Å². The van der Waals surface area contributed by atoms with E-state index in [4.69, 9.17) is 0 Å². The van der Waals surface area contributed by atoms with Crippen LogP contribution in [-0.2, 0) is 10.0 Å². The first-order valence-corrected chi connectivity index (χ1v) is 7.35. The van der Waals surface area contributed by atoms with Crippen LogP contribution in [0.5, 0.6) is 0 Å². The van der Waals surface area contributed by atoms with Gasteiger partial charge in [-0.15, -0.1) is 11.3 Å². The Morgan fingerprint density at radius 2 is 2.19 bits per heavy atom. The molecule has 2 rings (SSSR count). The molecular weight excluding hydrogens is 244 g/mol. The fourth-order valence-corrected chi connectivity index (χ4v) is 2.85. The van der Waals surface area contributed by atoms with Crippen molar-refractivity contribution in [3.8, 4) is 0 Å². The van der Waals surface area contributed by atoms with E-state index < -0.39 is 10.0 Å². The average molecular weight is 256 g/mol. The van der Waals surface area contributed by atoms with Crippen LogP contribution < -0.4 is 4.72 Å². The van der Waals surface area contributed by atoms with Gasteiger partial charge in [0, 0.05) is 0 Å². The highest BCUT2D eigenvalue weighted by atomic mass is 32.2. The molecule has 0 radical (unpaired) electrons. The monoisotopic (exact) mass is 256 g/mol. The minimum Gasteiger partial charge on any atom is -0.284 e. The van der Waals surface area contributed by atoms with Crippen LogP contribution in [0.15, 0.2) is 18.2 Å². The van der Waals surface area contributed by atoms with E-state index in [0.717, 1.165) is 15.2 Å². The number of anilines is 1. The lowest BCUT2D eigenvalue weighted by atomic mass is 10.3. The van der Waals surface area contributed by atoms with Gasteiger partial charge >= 0.3 is 0 Å². The van der Waals surface area contributed by atoms with Crippen molar-refractivity contribution in [3.63, 3.8) is 0 Å². The Labute approximate surface area is 98.4 Å². The van der Waals surface area contributed by atoms with E-state index in [2.05, 4.69) is 9.71 Å². The number of aromatic nitrogens is 1. The maximum absolute atomic E-state index is 11.4. The van der Waals surface area contributed by atoms with Gasteiger partial charge in [-0.1, -0.05) is 0 Å². The van der Waals surface area contributed by atoms with E-state index in [9.17, 15) is 8.42 Å². The number of benzene rings is 1. The van der Waals surface area contributed by atoms with Crippen molar-refractivity contribution >= 4 is 37.3 Å². The molecule has 4 nitrogen and oxygen atoms in total. The molecule has 0 saturated carbocycles. The molecule has 0 fully saturated rings. The van der Waals surface area contributed by atoms with E-state index in [-0.39, 0.29) is 5.75 Å². The third kappa shape index (κ3) is 2.33. The zero-order chi connectivity index (χ0) is 11.8. The highest BCUT2D eigenvalue weighted by Gasteiger charge is 2.08. The topological polar surface area (TPSA) is 59.1 Å². The summed E-state index contributed by atoms with van der Waals surface area (Å²) in [5, 5.41) is 0.977. The lowest BCUT2D eigenvalue weighted by molar-refractivity contribution is 0.602. The predicted octanol–water partition coefficient (Wildman–Crippen LogP) is 2.37. The lowest BCUT2D eigenvalue weighted by Crippen LogP contribution is -2.14. The third-order valence-electron chi connectivity index (χ3n) is 2.15. The van der Waals surface area contributed by atoms with Crippen molar-refractivity contribution in [3.05, 3.63) is 23.2 Å². The van der Waals surface area contributed by atoms with Crippen LogP contribution in [0, 0.1) is 6.92 Å². The summed E-state index contributed by atoms with van der Waals surface area (Å²) in [4.78, 5) is 4.31. The van der Waals surface area contributed by atoms with Crippen molar-refractivity contribution in [1.29, 1.82) is 0 Å². The summed E-state index contributed by atoms with van der Waals surface area (Å²) >= 11 is 1.55. The second-order valence-electron chi connectivity index (χ2n) is 3.42. The minimum atomic E-state index is -3.20. The molecular formula is C10H12N2O2S2. The zero-order valence-electron chi connectivity index (χ0n) is 9.02. The summed E-state index contributed by atoms with van der Waals surface area (Å²) in [6, 6.07) is 5.37. The highest BCUT2D eigenvalue weighted by Crippen LogP contribution is 2.25. The Balaban J connectivity index is 2.40. The van der Waals surface area contributed by atoms with Crippen molar-refractivity contribution in [2.45, 2.75) is 13.8 Å². The number of rotatable bonds is 3. The number of fused-ring (bicyclic) bond motifs is 1. The molecule has 0 unspecified atom stereocenters. The normalized spacial score (nSPS) is 11.9. The molecule has 0 aliphatic rings. The Bertz CT molecular complexity index is 617. The molecule has 0 bridgehead atoms. The fourth-order valence-electron chi connectivity index (χ4n) is 1.36. The van der Waals surface area contributed by atoms with Gasteiger partial charge in [-0.05, 0) is 32.0 Å². The molecule has 0 amide bonds. The van der Waals surface area contributed by atoms with E-state index in [1.807, 2.05) is 19.1 Å². The van der Waals surface area contributed by atoms with Crippen LogP contribution in [-0.4, -0.2) is 19.2 Å². The van der Waals surface area contributed by atoms with E-state index in [0.29, 0.717) is 5.69 Å². The van der Waals surface area contributed by atoms with Gasteiger partial charge in [0.15, 0.2) is 0 Å². The Kier molecular flexibility index (Phi) is 2.86. The number of aryl methyl sites for hydroxylation is 1. The van der Waals surface area contributed by atoms with Crippen molar-refractivity contribution < 1.29 is 8.42 Å². The Hall–Kier alpha value is -1.14. The summed E-state index contributed by atoms with van der Waals surface area (Å²) in [6.45, 7) is 3.54. The predicted molar refractivity (Wildman–Crippen MR) is 67.4 cm³/mol. The van der Waals surface area contributed by atoms with Crippen LogP contribution >= 0.6 is 11.3 Å². The zero-order valence-corrected chi connectivity index (χ0v) is 10.7. The van der Waals surface area contributed by atoms with E-state index >= 15 is 0 Å². The van der Waals surface area contributed by atoms with Gasteiger partial charge in [0.2, 0.25) is 10.0 Å². The molecule has 0 saturated heterocycles. The number of sulfonamides is 1. The molecule has 6 heteroatoms. The van der Waals surface area contributed by atoms with Crippen LogP contribution in [0.1, 0.15) is 11.9 Å². The molecule has 0 atom stereocenters. The van der Waals surface area contributed by atoms with E-state index in [1.54, 1.807) is 24.3 Å². The third-order valence-corrected chi connectivity index (χ3v) is 4.39. The van der Waals surface area contributed by atoms with Gasteiger partial charge in [-0.3, -0.25) is 4.72 Å². The molecule has 0 spiro atoms. The number of hydrogen-bond acceptors (Lipinski definition) is 4. The van der Waals surface area contributed by atoms with Crippen LogP contribution in [0.2, 0.25) is 0 Å². The molecule has 2 aromatic rings. The van der Waals surface area contributed by atoms with Gasteiger partial charge in [0.25, 0.3) is 0 Å². The number of nitrogens with zero attached hydrogens (tertiary/aromatic N) is 1. The highest BCUT2D eigenvalue weighted by molar-refractivity contribution is 7.92. The maximum atomic E-state index is 11.4. The maximum Gasteiger partial charge on any atom is 0.232 e. The molecule has 0 aliphatic heterocycles. The standard InChI is InChI=1S/C10H12N2O2S2/c1-3-16(13,14)12-8-4-5-9-10(6-8)15-7(2)11-9/h4-6,12H,3H2,1-2H3. The van der Waals surface area contributed by atoms with E-state index in [1.165, 1.54) is 0 Å². The first-order valence-electron chi connectivity index (χ1n) is 4.88. The quantitative estimate of drug-likeness (QED) is 0.917. The Morgan fingerprint density at radius 3 is 2.88 bits per heavy atom. The van der Waals surface area contributed by atoms with Crippen LogP contribution in [0.4, 0.5) is 5.69 Å². The average Bonchev–Trinajstić information content (AvgIpc) is 2.57. The fraction of sp³-hybridized carbons (Fsp3) is 0.300. The summed E-state index contributed by atoms with van der Waals surface area (Å²) < 4.78 is 26.3. The minimum absolute atomic E-state index is 0.0761. The SMILES string of the molecule is CCS(=O)(=O)Nc1ccc2nc(C)sc2c1. The van der Waals surface area contributed by atoms with Crippen molar-refractivity contribution in [2.24, 2.45) is 0 Å². The molecule has 1 aromatic heterocycles. The summed E-state index contributed by atoms with van der Waals surface area (Å²) in [5.74, 6) is 0.0761. The summed E-state index contributed by atoms with van der Waals surface area (Å²) in [6.07, 6.45) is 0. The summed E-state index contributed by atoms with van der Waals surface area (Å²) in [5.41, 5.74) is 1.50. The van der Waals surface area contributed by atoms with Crippen LogP contribution in [0.25, 0.3) is 10.2 Å². The number of thiazole rings is 1. The number of hydrogen-bond donors (Lipinski definition) is 1. The molecule has 86 valence electrons. The Morgan fingerprint density at radius 1 is 1.44 bits per heavy atom. The lowest BCUT2D eigenvalue weighted by Gasteiger charge is -2.04. The first-order chi connectivity index (χ1) is 7.50. The summed E-state index contributed by atoms with van der Waals surface area (Å²) in [7, 11) is -3.20. The van der Waals surface area contributed by atoms with Gasteiger partial charge in [-0.25, -0.2) is 13.4 Å². The number of nitrogens with one attached hydrogen (secondary N) is 1. The first kappa shape index (κ1) is 11.3. The van der Waals surface area contributed by atoms with Crippen LogP contribution in [0.3, 0.4) is 0 Å². The molecule has 1 heterocycles. The van der Waals surface area contributed by atoms with Gasteiger partial charge in [0.1, 0.15) is 0 Å². The smallest absolute Gasteiger partial charge is 0.232 e. The van der Waals surface area contributed by atoms with Gasteiger partial charge < -0.3 is 0 Å². The van der Waals surface area contributed by atoms with Gasteiger partial charge in [-0.2, -0.15) is 0 Å². The second-order valence-corrected chi connectivity index (χ2v) is 6.67. The van der Waals surface area contributed by atoms with Crippen molar-refractivity contribution in [2.75, 3.05) is 10.5 Å². The molecule has 1 N–H and O–H groups in total. The molecule has 0 aliphatic carbocycles. The molecule has 1 aromatic carbocycles. The molecule has 16 heavy (non-hydrogen) atoms. The second kappa shape index (κ2) is 4.03.